The normalized spacial score (nSPS) is 38.0. The van der Waals surface area contributed by atoms with Crippen LogP contribution < -0.4 is 0 Å². The summed E-state index contributed by atoms with van der Waals surface area (Å²) >= 11 is 0. The Hall–Kier alpha value is -2.54. The lowest BCUT2D eigenvalue weighted by molar-refractivity contribution is -0.143. The van der Waals surface area contributed by atoms with E-state index in [9.17, 15) is 19.2 Å². The molecule has 0 aromatic rings. The third-order valence-electron chi connectivity index (χ3n) is 10.6. The van der Waals surface area contributed by atoms with Gasteiger partial charge < -0.3 is 28.4 Å². The summed E-state index contributed by atoms with van der Waals surface area (Å²) in [6.07, 6.45) is 10.1. The number of esters is 4. The number of ether oxygens (including phenoxy) is 6. The van der Waals surface area contributed by atoms with Crippen molar-refractivity contribution in [1.29, 1.82) is 0 Å². The van der Waals surface area contributed by atoms with E-state index < -0.39 is 0 Å². The van der Waals surface area contributed by atoms with E-state index in [0.717, 1.165) is 36.8 Å². The SMILES string of the molecule is C=C1C(=O)O[C@H]2[C@H]1CC/C(COC(=O)CCSSCCC(=O)OC/C1=C/CC[C@@]3(C)O[C@H]3[C@H]3OC(=O)C(=C)[C@@H]3CC1)=C\CC[C@@]1(C)O[C@@H]21. The van der Waals surface area contributed by atoms with Gasteiger partial charge in [-0.15, -0.1) is 0 Å². The first-order valence-corrected chi connectivity index (χ1v) is 19.5. The topological polar surface area (TPSA) is 130 Å². The van der Waals surface area contributed by atoms with E-state index in [1.165, 1.54) is 21.6 Å². The first-order valence-electron chi connectivity index (χ1n) is 17.0. The molecule has 262 valence electrons. The van der Waals surface area contributed by atoms with Gasteiger partial charge in [-0.2, -0.15) is 0 Å². The van der Waals surface area contributed by atoms with Crippen molar-refractivity contribution in [3.63, 3.8) is 0 Å². The van der Waals surface area contributed by atoms with Gasteiger partial charge in [0.05, 0.1) is 24.0 Å². The standard InChI is InChI=1S/C36H46O10S2/c1-21-25-11-9-23(7-5-15-35(3)31(45-35)29(25)43-33(21)39)19-41-27(37)13-17-47-48-18-14-28(38)42-20-24-8-6-16-36(4)32(46-36)30-26(12-10-24)22(2)34(40)44-30/h7-8,25-26,29-32H,1-2,5-6,9-20H2,3-4H3/b23-7+,24-8+/t25-,26-,29-,30-,31-,32-,35+,36+/m0/s1. The van der Waals surface area contributed by atoms with Crippen LogP contribution in [0.15, 0.2) is 47.6 Å². The van der Waals surface area contributed by atoms with Gasteiger partial charge in [0.25, 0.3) is 0 Å². The van der Waals surface area contributed by atoms with E-state index in [2.05, 4.69) is 39.2 Å². The molecule has 8 atom stereocenters. The van der Waals surface area contributed by atoms with Crippen molar-refractivity contribution >= 4 is 45.5 Å². The summed E-state index contributed by atoms with van der Waals surface area (Å²) in [5.41, 5.74) is 2.48. The number of epoxide rings is 2. The van der Waals surface area contributed by atoms with Gasteiger partial charge in [0.2, 0.25) is 0 Å². The van der Waals surface area contributed by atoms with Gasteiger partial charge >= 0.3 is 23.9 Å². The highest BCUT2D eigenvalue weighted by molar-refractivity contribution is 8.76. The Balaban J connectivity index is 0.849. The van der Waals surface area contributed by atoms with Crippen molar-refractivity contribution in [2.24, 2.45) is 11.8 Å². The van der Waals surface area contributed by atoms with E-state index in [-0.39, 0.29) is 97.4 Å². The number of hydrogen-bond acceptors (Lipinski definition) is 12. The molecule has 4 fully saturated rings. The molecule has 0 saturated carbocycles. The van der Waals surface area contributed by atoms with Crippen LogP contribution in [0.5, 0.6) is 0 Å². The predicted molar refractivity (Wildman–Crippen MR) is 181 cm³/mol. The predicted octanol–water partition coefficient (Wildman–Crippen LogP) is 5.75. The average molecular weight is 703 g/mol. The lowest BCUT2D eigenvalue weighted by atomic mass is 9.84. The third-order valence-corrected chi connectivity index (χ3v) is 13.0. The highest BCUT2D eigenvalue weighted by atomic mass is 33.1. The zero-order chi connectivity index (χ0) is 34.1. The van der Waals surface area contributed by atoms with E-state index in [1.807, 2.05) is 0 Å². The summed E-state index contributed by atoms with van der Waals surface area (Å²) in [5.74, 6) is -0.233. The molecule has 0 spiro atoms. The summed E-state index contributed by atoms with van der Waals surface area (Å²) in [6, 6.07) is 0. The Bertz CT molecular complexity index is 1300. The Kier molecular flexibility index (Phi) is 10.8. The number of fused-ring (bicyclic) bond motifs is 6. The molecule has 48 heavy (non-hydrogen) atoms. The monoisotopic (exact) mass is 702 g/mol. The minimum atomic E-state index is -0.341. The minimum Gasteiger partial charge on any atom is -0.461 e. The molecule has 0 aromatic heterocycles. The Morgan fingerprint density at radius 1 is 0.771 bits per heavy atom. The molecule has 2 aliphatic carbocycles. The van der Waals surface area contributed by atoms with Crippen LogP contribution >= 0.6 is 21.6 Å². The number of carbonyl (C=O) groups is 4. The molecule has 0 N–H and O–H groups in total. The van der Waals surface area contributed by atoms with Crippen molar-refractivity contribution in [2.45, 2.75) is 114 Å². The number of hydrogen-bond donors (Lipinski definition) is 0. The molecule has 0 radical (unpaired) electrons. The molecule has 6 rings (SSSR count). The molecule has 4 aliphatic heterocycles. The van der Waals surface area contributed by atoms with Crippen molar-refractivity contribution in [1.82, 2.24) is 0 Å². The summed E-state index contributed by atoms with van der Waals surface area (Å²) < 4.78 is 34.3. The number of carbonyl (C=O) groups excluding carboxylic acids is 4. The summed E-state index contributed by atoms with van der Waals surface area (Å²) in [6.45, 7) is 12.5. The first-order chi connectivity index (χ1) is 23.0. The number of rotatable bonds is 11. The molecule has 0 bridgehead atoms. The van der Waals surface area contributed by atoms with Crippen LogP contribution in [-0.4, -0.2) is 84.2 Å². The van der Waals surface area contributed by atoms with Crippen LogP contribution in [0.4, 0.5) is 0 Å². The summed E-state index contributed by atoms with van der Waals surface area (Å²) in [5, 5.41) is 0. The van der Waals surface area contributed by atoms with Gasteiger partial charge in [0.15, 0.2) is 0 Å². The minimum absolute atomic E-state index is 0.0831. The van der Waals surface area contributed by atoms with Crippen molar-refractivity contribution in [3.8, 4) is 0 Å². The molecule has 0 aromatic carbocycles. The van der Waals surface area contributed by atoms with Crippen LogP contribution in [0.2, 0.25) is 0 Å². The Labute approximate surface area is 290 Å². The van der Waals surface area contributed by atoms with Gasteiger partial charge in [-0.25, -0.2) is 9.59 Å². The lowest BCUT2D eigenvalue weighted by Crippen LogP contribution is -2.29. The van der Waals surface area contributed by atoms with Gasteiger partial charge in [0, 0.05) is 34.5 Å². The fourth-order valence-corrected chi connectivity index (χ4v) is 9.30. The zero-order valence-electron chi connectivity index (χ0n) is 27.8. The van der Waals surface area contributed by atoms with E-state index in [1.54, 1.807) is 0 Å². The van der Waals surface area contributed by atoms with Gasteiger partial charge in [-0.1, -0.05) is 46.9 Å². The molecule has 0 amide bonds. The molecule has 10 nitrogen and oxygen atoms in total. The van der Waals surface area contributed by atoms with Gasteiger partial charge in [0.1, 0.15) is 37.6 Å². The second-order valence-corrected chi connectivity index (χ2v) is 16.8. The molecular weight excluding hydrogens is 657 g/mol. The van der Waals surface area contributed by atoms with Gasteiger partial charge in [-0.3, -0.25) is 9.59 Å². The fourth-order valence-electron chi connectivity index (χ4n) is 7.36. The maximum absolute atomic E-state index is 12.5. The second-order valence-electron chi connectivity index (χ2n) is 14.1. The molecule has 0 unspecified atom stereocenters. The van der Waals surface area contributed by atoms with E-state index in [4.69, 9.17) is 28.4 Å². The molecule has 4 heterocycles. The van der Waals surface area contributed by atoms with Crippen LogP contribution in [0.3, 0.4) is 0 Å². The smallest absolute Gasteiger partial charge is 0.334 e. The quantitative estimate of drug-likeness (QED) is 0.0495. The van der Waals surface area contributed by atoms with E-state index >= 15 is 0 Å². The van der Waals surface area contributed by atoms with Crippen molar-refractivity contribution in [2.75, 3.05) is 24.7 Å². The molecule has 6 aliphatic rings. The van der Waals surface area contributed by atoms with Crippen LogP contribution in [0, 0.1) is 11.8 Å². The maximum atomic E-state index is 12.5. The number of allylic oxidation sites excluding steroid dienone is 2. The van der Waals surface area contributed by atoms with Gasteiger partial charge in [-0.05, 0) is 76.4 Å². The lowest BCUT2D eigenvalue weighted by Gasteiger charge is -2.20. The Morgan fingerprint density at radius 3 is 1.60 bits per heavy atom. The average Bonchev–Trinajstić information content (AvgIpc) is 3.86. The molecular formula is C36H46O10S2. The maximum Gasteiger partial charge on any atom is 0.334 e. The zero-order valence-corrected chi connectivity index (χ0v) is 29.5. The van der Waals surface area contributed by atoms with E-state index in [0.29, 0.717) is 48.3 Å². The fraction of sp³-hybridized carbons (Fsp3) is 0.667. The van der Waals surface area contributed by atoms with Crippen LogP contribution in [0.1, 0.15) is 78.1 Å². The largest absolute Gasteiger partial charge is 0.461 e. The third kappa shape index (κ3) is 8.08. The van der Waals surface area contributed by atoms with Crippen LogP contribution in [-0.2, 0) is 47.6 Å². The van der Waals surface area contributed by atoms with Crippen LogP contribution in [0.25, 0.3) is 0 Å². The second kappa shape index (κ2) is 14.7. The Morgan fingerprint density at radius 2 is 1.19 bits per heavy atom. The highest BCUT2D eigenvalue weighted by Crippen LogP contribution is 2.51. The molecule has 4 saturated heterocycles. The first kappa shape index (κ1) is 35.3. The highest BCUT2D eigenvalue weighted by Gasteiger charge is 2.62. The van der Waals surface area contributed by atoms with Crippen molar-refractivity contribution in [3.05, 3.63) is 47.6 Å². The van der Waals surface area contributed by atoms with Crippen molar-refractivity contribution < 1.29 is 47.6 Å². The summed E-state index contributed by atoms with van der Waals surface area (Å²) in [7, 11) is 3.07. The molecule has 12 heteroatoms. The summed E-state index contributed by atoms with van der Waals surface area (Å²) in [4.78, 5) is 49.3.